The van der Waals surface area contributed by atoms with Crippen molar-refractivity contribution < 1.29 is 5.21 Å². The van der Waals surface area contributed by atoms with Crippen molar-refractivity contribution in [1.29, 1.82) is 0 Å². The van der Waals surface area contributed by atoms with Gasteiger partial charge in [-0.3, -0.25) is 10.2 Å². The molecule has 5 nitrogen and oxygen atoms in total. The van der Waals surface area contributed by atoms with Crippen molar-refractivity contribution in [2.24, 2.45) is 5.16 Å². The number of pyridine rings is 1. The van der Waals surface area contributed by atoms with E-state index in [9.17, 15) is 10.4 Å². The molecule has 0 spiro atoms. The van der Waals surface area contributed by atoms with Crippen molar-refractivity contribution in [2.75, 3.05) is 5.06 Å². The normalized spacial score (nSPS) is 20.2. The number of hydrogen-bond acceptors (Lipinski definition) is 5. The Labute approximate surface area is 104 Å². The fraction of sp³-hybridized carbons (Fsp3) is 0.0769. The second kappa shape index (κ2) is 4.12. The first kappa shape index (κ1) is 10.7. The van der Waals surface area contributed by atoms with Gasteiger partial charge in [0.2, 0.25) is 0 Å². The van der Waals surface area contributed by atoms with E-state index in [2.05, 4.69) is 10.1 Å². The standard InChI is InChI=1S/C13H11N3O2/c17-15-12-9-5-1-2-7-11(9)16(18)13(12)10-6-3-4-8-14-10/h1-8,13,17-18H/p-1. The molecule has 1 aromatic heterocycles. The number of hydroxylamine groups is 1. The van der Waals surface area contributed by atoms with E-state index in [1.165, 1.54) is 0 Å². The van der Waals surface area contributed by atoms with Crippen LogP contribution in [0.2, 0.25) is 0 Å². The van der Waals surface area contributed by atoms with Crippen LogP contribution >= 0.6 is 0 Å². The molecular weight excluding hydrogens is 230 g/mol. The number of para-hydroxylation sites is 1. The van der Waals surface area contributed by atoms with E-state index in [1.54, 1.807) is 42.6 Å². The van der Waals surface area contributed by atoms with E-state index in [0.29, 0.717) is 16.9 Å². The van der Waals surface area contributed by atoms with E-state index in [1.807, 2.05) is 6.07 Å². The Kier molecular flexibility index (Phi) is 2.46. The predicted octanol–water partition coefficient (Wildman–Crippen LogP) is 2.32. The van der Waals surface area contributed by atoms with Crippen LogP contribution < -0.4 is 5.06 Å². The minimum absolute atomic E-state index is 0.284. The maximum absolute atomic E-state index is 11.0. The van der Waals surface area contributed by atoms with Crippen molar-refractivity contribution in [3.63, 3.8) is 0 Å². The Morgan fingerprint density at radius 2 is 1.94 bits per heavy atom. The van der Waals surface area contributed by atoms with Crippen LogP contribution in [0.1, 0.15) is 17.3 Å². The fourth-order valence-corrected chi connectivity index (χ4v) is 2.19. The molecule has 1 aliphatic heterocycles. The van der Waals surface area contributed by atoms with E-state index < -0.39 is 6.04 Å². The largest absolute Gasteiger partial charge is 0.792 e. The minimum Gasteiger partial charge on any atom is -0.792 e. The summed E-state index contributed by atoms with van der Waals surface area (Å²) in [6.45, 7) is 0. The predicted molar refractivity (Wildman–Crippen MR) is 67.6 cm³/mol. The number of nitrogens with zero attached hydrogens (tertiary/aromatic N) is 3. The molecule has 0 fully saturated rings. The van der Waals surface area contributed by atoms with E-state index in [0.717, 1.165) is 5.06 Å². The molecule has 18 heavy (non-hydrogen) atoms. The third-order valence-corrected chi connectivity index (χ3v) is 3.00. The first-order chi connectivity index (χ1) is 8.83. The van der Waals surface area contributed by atoms with Gasteiger partial charge in [-0.2, -0.15) is 0 Å². The van der Waals surface area contributed by atoms with Crippen LogP contribution in [0.15, 0.2) is 53.8 Å². The zero-order valence-electron chi connectivity index (χ0n) is 9.39. The molecule has 90 valence electrons. The monoisotopic (exact) mass is 240 g/mol. The third kappa shape index (κ3) is 1.45. The Balaban J connectivity index is 2.14. The Bertz CT molecular complexity index is 598. The van der Waals surface area contributed by atoms with Gasteiger partial charge in [-0.15, -0.1) is 0 Å². The number of benzene rings is 1. The number of anilines is 1. The fourth-order valence-electron chi connectivity index (χ4n) is 2.19. The molecular formula is C13H10N3O2-. The van der Waals surface area contributed by atoms with Crippen molar-refractivity contribution in [2.45, 2.75) is 6.04 Å². The molecule has 1 aliphatic rings. The highest BCUT2D eigenvalue weighted by atomic mass is 16.5. The molecule has 5 heteroatoms. The van der Waals surface area contributed by atoms with Crippen LogP contribution in [-0.2, 0) is 0 Å². The summed E-state index contributed by atoms with van der Waals surface area (Å²) in [5.74, 6) is 0. The third-order valence-electron chi connectivity index (χ3n) is 3.00. The highest BCUT2D eigenvalue weighted by molar-refractivity contribution is 6.14. The van der Waals surface area contributed by atoms with Crippen LogP contribution in [-0.4, -0.2) is 15.9 Å². The van der Waals surface area contributed by atoms with E-state index in [-0.39, 0.29) is 5.71 Å². The Morgan fingerprint density at radius 1 is 1.17 bits per heavy atom. The van der Waals surface area contributed by atoms with Gasteiger partial charge < -0.3 is 10.4 Å². The van der Waals surface area contributed by atoms with Crippen LogP contribution in [0.4, 0.5) is 5.69 Å². The second-order valence-corrected chi connectivity index (χ2v) is 4.00. The Morgan fingerprint density at radius 3 is 2.67 bits per heavy atom. The van der Waals surface area contributed by atoms with Crippen molar-refractivity contribution >= 4 is 11.4 Å². The van der Waals surface area contributed by atoms with Gasteiger partial charge in [-0.05, 0) is 18.2 Å². The first-order valence-electron chi connectivity index (χ1n) is 5.51. The van der Waals surface area contributed by atoms with Gasteiger partial charge in [0.1, 0.15) is 6.04 Å². The molecule has 0 radical (unpaired) electrons. The molecule has 0 amide bonds. The van der Waals surface area contributed by atoms with Crippen LogP contribution in [0.3, 0.4) is 0 Å². The molecule has 0 aliphatic carbocycles. The molecule has 0 saturated carbocycles. The summed E-state index contributed by atoms with van der Waals surface area (Å²) in [4.78, 5) is 4.17. The lowest BCUT2D eigenvalue weighted by Crippen LogP contribution is -2.25. The molecule has 3 rings (SSSR count). The summed E-state index contributed by atoms with van der Waals surface area (Å²) in [5, 5.41) is 25.3. The van der Waals surface area contributed by atoms with Crippen molar-refractivity contribution in [3.8, 4) is 0 Å². The van der Waals surface area contributed by atoms with Crippen LogP contribution in [0, 0.1) is 5.21 Å². The first-order valence-corrected chi connectivity index (χ1v) is 5.51. The highest BCUT2D eigenvalue weighted by Crippen LogP contribution is 2.38. The molecule has 2 aromatic rings. The molecule has 0 bridgehead atoms. The van der Waals surface area contributed by atoms with E-state index in [4.69, 9.17) is 0 Å². The SMILES string of the molecule is [O-]N=C1c2ccccc2N(O)C1c1ccccn1. The van der Waals surface area contributed by atoms with Gasteiger partial charge in [-0.25, -0.2) is 5.06 Å². The van der Waals surface area contributed by atoms with Crippen LogP contribution in [0.25, 0.3) is 0 Å². The maximum atomic E-state index is 11.0. The molecule has 1 unspecified atom stereocenters. The highest BCUT2D eigenvalue weighted by Gasteiger charge is 2.35. The van der Waals surface area contributed by atoms with E-state index >= 15 is 0 Å². The van der Waals surface area contributed by atoms with Gasteiger partial charge in [0.25, 0.3) is 0 Å². The maximum Gasteiger partial charge on any atom is 0.140 e. The second-order valence-electron chi connectivity index (χ2n) is 4.00. The average Bonchev–Trinajstić information content (AvgIpc) is 2.73. The van der Waals surface area contributed by atoms with Crippen molar-refractivity contribution in [1.82, 2.24) is 4.98 Å². The van der Waals surface area contributed by atoms with Gasteiger partial charge >= 0.3 is 0 Å². The van der Waals surface area contributed by atoms with Crippen LogP contribution in [0.5, 0.6) is 0 Å². The lowest BCUT2D eigenvalue weighted by Gasteiger charge is -2.20. The topological polar surface area (TPSA) is 71.8 Å². The molecule has 1 N–H and O–H groups in total. The molecule has 0 saturated heterocycles. The quantitative estimate of drug-likeness (QED) is 0.776. The number of rotatable bonds is 1. The molecule has 1 aromatic carbocycles. The van der Waals surface area contributed by atoms with Crippen molar-refractivity contribution in [3.05, 3.63) is 65.1 Å². The van der Waals surface area contributed by atoms with Gasteiger partial charge in [0.05, 0.1) is 17.1 Å². The summed E-state index contributed by atoms with van der Waals surface area (Å²) in [7, 11) is 0. The lowest BCUT2D eigenvalue weighted by molar-refractivity contribution is 0.243. The Hall–Kier alpha value is -2.40. The molecule has 1 atom stereocenters. The molecule has 2 heterocycles. The average molecular weight is 240 g/mol. The zero-order chi connectivity index (χ0) is 12.5. The summed E-state index contributed by atoms with van der Waals surface area (Å²) >= 11 is 0. The lowest BCUT2D eigenvalue weighted by atomic mass is 10.0. The summed E-state index contributed by atoms with van der Waals surface area (Å²) in [6.07, 6.45) is 1.62. The number of fused-ring (bicyclic) bond motifs is 1. The number of aromatic nitrogens is 1. The minimum atomic E-state index is -0.638. The summed E-state index contributed by atoms with van der Waals surface area (Å²) in [5.41, 5.74) is 2.09. The van der Waals surface area contributed by atoms with Gasteiger partial charge in [-0.1, -0.05) is 24.3 Å². The van der Waals surface area contributed by atoms with Gasteiger partial charge in [0, 0.05) is 11.8 Å². The summed E-state index contributed by atoms with van der Waals surface area (Å²) in [6, 6.07) is 11.8. The smallest absolute Gasteiger partial charge is 0.140 e. The zero-order valence-corrected chi connectivity index (χ0v) is 9.39. The number of hydrogen-bond donors (Lipinski definition) is 1. The van der Waals surface area contributed by atoms with Gasteiger partial charge in [0.15, 0.2) is 0 Å². The summed E-state index contributed by atoms with van der Waals surface area (Å²) < 4.78 is 0.